The van der Waals surface area contributed by atoms with Gasteiger partial charge in [-0.1, -0.05) is 12.1 Å². The molecule has 1 aliphatic rings. The zero-order chi connectivity index (χ0) is 17.0. The zero-order valence-corrected chi connectivity index (χ0v) is 12.3. The average molecular weight is 330 g/mol. The number of halogens is 3. The summed E-state index contributed by atoms with van der Waals surface area (Å²) >= 11 is 0. The SMILES string of the molecule is O=C(CO)N[C@@H]1CCCN(Cc2cccc(C(F)(F)F)c2)C1=O. The molecule has 0 bridgehead atoms. The van der Waals surface area contributed by atoms with E-state index in [9.17, 15) is 22.8 Å². The number of carbonyl (C=O) groups excluding carboxylic acids is 2. The van der Waals surface area contributed by atoms with Crippen LogP contribution in [-0.2, 0) is 22.3 Å². The van der Waals surface area contributed by atoms with Gasteiger partial charge in [0.05, 0.1) is 5.56 Å². The lowest BCUT2D eigenvalue weighted by Gasteiger charge is -2.32. The lowest BCUT2D eigenvalue weighted by Crippen LogP contribution is -2.52. The maximum atomic E-state index is 12.7. The van der Waals surface area contributed by atoms with Gasteiger partial charge in [0.2, 0.25) is 11.8 Å². The Morgan fingerprint density at radius 1 is 1.39 bits per heavy atom. The van der Waals surface area contributed by atoms with Gasteiger partial charge in [-0.2, -0.15) is 13.2 Å². The highest BCUT2D eigenvalue weighted by Crippen LogP contribution is 2.30. The van der Waals surface area contributed by atoms with Crippen LogP contribution in [-0.4, -0.2) is 41.0 Å². The smallest absolute Gasteiger partial charge is 0.387 e. The number of alkyl halides is 3. The largest absolute Gasteiger partial charge is 0.416 e. The van der Waals surface area contributed by atoms with Crippen LogP contribution in [0.1, 0.15) is 24.0 Å². The summed E-state index contributed by atoms with van der Waals surface area (Å²) in [5.41, 5.74) is -0.382. The van der Waals surface area contributed by atoms with E-state index in [-0.39, 0.29) is 12.5 Å². The zero-order valence-electron chi connectivity index (χ0n) is 12.3. The van der Waals surface area contributed by atoms with Gasteiger partial charge in [0.1, 0.15) is 12.6 Å². The summed E-state index contributed by atoms with van der Waals surface area (Å²) in [7, 11) is 0. The van der Waals surface area contributed by atoms with Crippen molar-refractivity contribution in [2.45, 2.75) is 31.6 Å². The first-order valence-electron chi connectivity index (χ1n) is 7.16. The van der Waals surface area contributed by atoms with E-state index in [1.54, 1.807) is 0 Å². The van der Waals surface area contributed by atoms with Crippen molar-refractivity contribution in [2.75, 3.05) is 13.2 Å². The second-order valence-electron chi connectivity index (χ2n) is 5.38. The Balaban J connectivity index is 2.07. The molecule has 0 aromatic heterocycles. The van der Waals surface area contributed by atoms with Gasteiger partial charge < -0.3 is 15.3 Å². The van der Waals surface area contributed by atoms with E-state index in [1.165, 1.54) is 17.0 Å². The summed E-state index contributed by atoms with van der Waals surface area (Å²) in [6, 6.07) is 4.08. The number of benzene rings is 1. The molecule has 1 heterocycles. The standard InChI is InChI=1S/C15H17F3N2O3/c16-15(17,18)11-4-1-3-10(7-11)8-20-6-2-5-12(14(20)23)19-13(22)9-21/h1,3-4,7,12,21H,2,5-6,8-9H2,(H,19,22)/t12-/m1/s1. The van der Waals surface area contributed by atoms with Crippen molar-refractivity contribution in [3.63, 3.8) is 0 Å². The van der Waals surface area contributed by atoms with Crippen LogP contribution in [0.2, 0.25) is 0 Å². The van der Waals surface area contributed by atoms with Gasteiger partial charge in [0.25, 0.3) is 0 Å². The van der Waals surface area contributed by atoms with Crippen molar-refractivity contribution in [1.29, 1.82) is 0 Å². The molecule has 0 spiro atoms. The molecule has 1 atom stereocenters. The molecular formula is C15H17F3N2O3. The fraction of sp³-hybridized carbons (Fsp3) is 0.467. The minimum Gasteiger partial charge on any atom is -0.387 e. The second-order valence-corrected chi connectivity index (χ2v) is 5.38. The summed E-state index contributed by atoms with van der Waals surface area (Å²) < 4.78 is 38.1. The highest BCUT2D eigenvalue weighted by atomic mass is 19.4. The minimum atomic E-state index is -4.43. The molecular weight excluding hydrogens is 313 g/mol. The van der Waals surface area contributed by atoms with Gasteiger partial charge in [-0.05, 0) is 30.5 Å². The van der Waals surface area contributed by atoms with E-state index in [2.05, 4.69) is 5.32 Å². The van der Waals surface area contributed by atoms with Gasteiger partial charge >= 0.3 is 6.18 Å². The van der Waals surface area contributed by atoms with Crippen LogP contribution in [0.4, 0.5) is 13.2 Å². The van der Waals surface area contributed by atoms with E-state index >= 15 is 0 Å². The van der Waals surface area contributed by atoms with Crippen molar-refractivity contribution in [3.8, 4) is 0 Å². The Bertz CT molecular complexity index is 590. The van der Waals surface area contributed by atoms with Gasteiger partial charge in [-0.25, -0.2) is 0 Å². The summed E-state index contributed by atoms with van der Waals surface area (Å²) in [4.78, 5) is 24.9. The number of nitrogens with one attached hydrogen (secondary N) is 1. The number of hydrogen-bond donors (Lipinski definition) is 2. The first-order valence-corrected chi connectivity index (χ1v) is 7.16. The molecule has 126 valence electrons. The lowest BCUT2D eigenvalue weighted by molar-refractivity contribution is -0.140. The Morgan fingerprint density at radius 2 is 2.13 bits per heavy atom. The first kappa shape index (κ1) is 17.3. The number of aliphatic hydroxyl groups excluding tert-OH is 1. The molecule has 1 aromatic carbocycles. The molecule has 0 saturated carbocycles. The number of likely N-dealkylation sites (tertiary alicyclic amines) is 1. The van der Waals surface area contributed by atoms with Crippen molar-refractivity contribution in [3.05, 3.63) is 35.4 Å². The average Bonchev–Trinajstić information content (AvgIpc) is 2.50. The molecule has 23 heavy (non-hydrogen) atoms. The van der Waals surface area contributed by atoms with Crippen LogP contribution in [0.15, 0.2) is 24.3 Å². The fourth-order valence-corrected chi connectivity index (χ4v) is 2.54. The third kappa shape index (κ3) is 4.44. The van der Waals surface area contributed by atoms with Crippen LogP contribution in [0.5, 0.6) is 0 Å². The Kier molecular flexibility index (Phi) is 5.25. The van der Waals surface area contributed by atoms with Crippen molar-refractivity contribution < 1.29 is 27.9 Å². The number of carbonyl (C=O) groups is 2. The van der Waals surface area contributed by atoms with E-state index in [0.717, 1.165) is 12.1 Å². The van der Waals surface area contributed by atoms with Gasteiger partial charge in [0, 0.05) is 13.1 Å². The monoisotopic (exact) mass is 330 g/mol. The van der Waals surface area contributed by atoms with Gasteiger partial charge in [0.15, 0.2) is 0 Å². The Morgan fingerprint density at radius 3 is 2.78 bits per heavy atom. The van der Waals surface area contributed by atoms with Gasteiger partial charge in [-0.15, -0.1) is 0 Å². The van der Waals surface area contributed by atoms with Crippen molar-refractivity contribution >= 4 is 11.8 Å². The normalized spacial score (nSPS) is 18.9. The number of piperidine rings is 1. The van der Waals surface area contributed by atoms with E-state index in [0.29, 0.717) is 24.9 Å². The summed E-state index contributed by atoms with van der Waals surface area (Å²) in [5.74, 6) is -1.00. The van der Waals surface area contributed by atoms with Crippen molar-refractivity contribution in [1.82, 2.24) is 10.2 Å². The minimum absolute atomic E-state index is 0.0499. The Hall–Kier alpha value is -2.09. The van der Waals surface area contributed by atoms with Crippen LogP contribution >= 0.6 is 0 Å². The maximum absolute atomic E-state index is 12.7. The van der Waals surface area contributed by atoms with E-state index in [4.69, 9.17) is 5.11 Å². The molecule has 2 N–H and O–H groups in total. The van der Waals surface area contributed by atoms with Crippen LogP contribution in [0.3, 0.4) is 0 Å². The number of aliphatic hydroxyl groups is 1. The molecule has 0 unspecified atom stereocenters. The number of hydrogen-bond acceptors (Lipinski definition) is 3. The predicted octanol–water partition coefficient (Wildman–Crippen LogP) is 1.30. The lowest BCUT2D eigenvalue weighted by atomic mass is 10.0. The van der Waals surface area contributed by atoms with Crippen LogP contribution in [0.25, 0.3) is 0 Å². The van der Waals surface area contributed by atoms with Gasteiger partial charge in [-0.3, -0.25) is 9.59 Å². The van der Waals surface area contributed by atoms with Crippen LogP contribution in [0, 0.1) is 0 Å². The highest BCUT2D eigenvalue weighted by molar-refractivity contribution is 5.88. The van der Waals surface area contributed by atoms with E-state index < -0.39 is 30.3 Å². The molecule has 1 aliphatic heterocycles. The van der Waals surface area contributed by atoms with E-state index in [1.807, 2.05) is 0 Å². The number of amides is 2. The predicted molar refractivity (Wildman–Crippen MR) is 75.1 cm³/mol. The first-order chi connectivity index (χ1) is 10.8. The van der Waals surface area contributed by atoms with Crippen LogP contribution < -0.4 is 5.32 Å². The topological polar surface area (TPSA) is 69.6 Å². The summed E-state index contributed by atoms with van der Waals surface area (Å²) in [6.45, 7) is -0.244. The molecule has 1 fully saturated rings. The number of nitrogens with zero attached hydrogens (tertiary/aromatic N) is 1. The highest BCUT2D eigenvalue weighted by Gasteiger charge is 2.32. The molecule has 0 radical (unpaired) electrons. The van der Waals surface area contributed by atoms with Crippen molar-refractivity contribution in [2.24, 2.45) is 0 Å². The summed E-state index contributed by atoms with van der Waals surface area (Å²) in [6.07, 6.45) is -3.36. The third-order valence-electron chi connectivity index (χ3n) is 3.64. The third-order valence-corrected chi connectivity index (χ3v) is 3.64. The molecule has 5 nitrogen and oxygen atoms in total. The molecule has 2 amide bonds. The molecule has 0 aliphatic carbocycles. The molecule has 1 saturated heterocycles. The molecule has 2 rings (SSSR count). The Labute approximate surface area is 131 Å². The second kappa shape index (κ2) is 6.99. The quantitative estimate of drug-likeness (QED) is 0.874. The summed E-state index contributed by atoms with van der Waals surface area (Å²) in [5, 5.41) is 11.1. The molecule has 1 aromatic rings. The fourth-order valence-electron chi connectivity index (χ4n) is 2.54. The molecule has 8 heteroatoms. The maximum Gasteiger partial charge on any atom is 0.416 e. The number of rotatable bonds is 4.